The Bertz CT molecular complexity index is 640. The number of aromatic nitrogens is 1. The lowest BCUT2D eigenvalue weighted by Gasteiger charge is -2.10. The Kier molecular flexibility index (Phi) is 5.13. The van der Waals surface area contributed by atoms with Gasteiger partial charge < -0.3 is 21.0 Å². The Morgan fingerprint density at radius 3 is 2.90 bits per heavy atom. The first-order valence-corrected chi connectivity index (χ1v) is 7.28. The van der Waals surface area contributed by atoms with Gasteiger partial charge in [0.1, 0.15) is 5.75 Å². The molecular formula is C14H18N4O2S. The van der Waals surface area contributed by atoms with Crippen LogP contribution in [0.3, 0.4) is 0 Å². The fourth-order valence-electron chi connectivity index (χ4n) is 1.94. The molecule has 0 bridgehead atoms. The Morgan fingerprint density at radius 1 is 1.48 bits per heavy atom. The third-order valence-electron chi connectivity index (χ3n) is 2.95. The van der Waals surface area contributed by atoms with Crippen molar-refractivity contribution in [3.05, 3.63) is 45.4 Å². The van der Waals surface area contributed by atoms with Crippen molar-refractivity contribution in [2.24, 2.45) is 10.9 Å². The van der Waals surface area contributed by atoms with Crippen LogP contribution in [0, 0.1) is 6.92 Å². The van der Waals surface area contributed by atoms with Gasteiger partial charge in [-0.3, -0.25) is 0 Å². The van der Waals surface area contributed by atoms with Gasteiger partial charge in [0.15, 0.2) is 5.84 Å². The number of oxime groups is 1. The van der Waals surface area contributed by atoms with Crippen molar-refractivity contribution in [2.45, 2.75) is 20.0 Å². The molecule has 0 fully saturated rings. The summed E-state index contributed by atoms with van der Waals surface area (Å²) in [4.78, 5) is 4.39. The summed E-state index contributed by atoms with van der Waals surface area (Å²) in [7, 11) is 1.55. The highest BCUT2D eigenvalue weighted by molar-refractivity contribution is 7.09. The number of hydrogen-bond acceptors (Lipinski definition) is 6. The van der Waals surface area contributed by atoms with Crippen LogP contribution in [0.2, 0.25) is 0 Å². The number of methoxy groups -OCH3 is 1. The average molecular weight is 306 g/mol. The highest BCUT2D eigenvalue weighted by Crippen LogP contribution is 2.19. The van der Waals surface area contributed by atoms with Crippen LogP contribution >= 0.6 is 11.3 Å². The summed E-state index contributed by atoms with van der Waals surface area (Å²) in [6.07, 6.45) is 0. The van der Waals surface area contributed by atoms with Gasteiger partial charge in [-0.1, -0.05) is 11.2 Å². The molecule has 0 radical (unpaired) electrons. The first kappa shape index (κ1) is 15.3. The van der Waals surface area contributed by atoms with E-state index in [-0.39, 0.29) is 5.84 Å². The van der Waals surface area contributed by atoms with Crippen molar-refractivity contribution in [3.8, 4) is 5.75 Å². The second-order valence-corrected chi connectivity index (χ2v) is 5.54. The second kappa shape index (κ2) is 7.05. The van der Waals surface area contributed by atoms with Gasteiger partial charge in [0.05, 0.1) is 23.4 Å². The number of nitrogens with two attached hydrogens (primary N) is 1. The summed E-state index contributed by atoms with van der Waals surface area (Å²) < 4.78 is 5.20. The number of hydrogen-bond donors (Lipinski definition) is 3. The summed E-state index contributed by atoms with van der Waals surface area (Å²) >= 11 is 1.64. The van der Waals surface area contributed by atoms with E-state index in [4.69, 9.17) is 15.7 Å². The third kappa shape index (κ3) is 3.93. The van der Waals surface area contributed by atoms with E-state index >= 15 is 0 Å². The number of nitrogens with one attached hydrogen (secondary N) is 1. The maximum absolute atomic E-state index is 8.81. The van der Waals surface area contributed by atoms with E-state index in [1.54, 1.807) is 24.5 Å². The number of benzene rings is 1. The molecule has 6 nitrogen and oxygen atoms in total. The molecular weight excluding hydrogens is 288 g/mol. The zero-order chi connectivity index (χ0) is 15.2. The summed E-state index contributed by atoms with van der Waals surface area (Å²) in [6.45, 7) is 3.35. The van der Waals surface area contributed by atoms with Gasteiger partial charge in [-0.2, -0.15) is 0 Å². The molecule has 0 aliphatic rings. The summed E-state index contributed by atoms with van der Waals surface area (Å²) in [6, 6.07) is 5.58. The van der Waals surface area contributed by atoms with E-state index in [0.717, 1.165) is 16.3 Å². The minimum absolute atomic E-state index is 0.0313. The molecule has 0 amide bonds. The standard InChI is InChI=1S/C14H18N4O2S/c1-9-17-11(8-21-9)7-16-6-10-3-4-13(20-2)12(5-10)14(15)18-19/h3-5,8,16,19H,6-7H2,1-2H3,(H2,15,18). The van der Waals surface area contributed by atoms with Crippen LogP contribution < -0.4 is 15.8 Å². The molecule has 0 saturated carbocycles. The lowest BCUT2D eigenvalue weighted by atomic mass is 10.1. The Balaban J connectivity index is 2.03. The topological polar surface area (TPSA) is 92.8 Å². The van der Waals surface area contributed by atoms with Crippen molar-refractivity contribution in [3.63, 3.8) is 0 Å². The van der Waals surface area contributed by atoms with Gasteiger partial charge in [0, 0.05) is 18.5 Å². The summed E-state index contributed by atoms with van der Waals surface area (Å²) in [5.41, 5.74) is 8.27. The van der Waals surface area contributed by atoms with E-state index in [0.29, 0.717) is 24.4 Å². The molecule has 0 atom stereocenters. The van der Waals surface area contributed by atoms with Gasteiger partial charge >= 0.3 is 0 Å². The van der Waals surface area contributed by atoms with Crippen molar-refractivity contribution < 1.29 is 9.94 Å². The SMILES string of the molecule is COc1ccc(CNCc2csc(C)n2)cc1C(N)=NO. The van der Waals surface area contributed by atoms with Crippen LogP contribution in [-0.4, -0.2) is 23.1 Å². The molecule has 21 heavy (non-hydrogen) atoms. The van der Waals surface area contributed by atoms with Crippen molar-refractivity contribution in [2.75, 3.05) is 7.11 Å². The van der Waals surface area contributed by atoms with E-state index in [1.165, 1.54) is 0 Å². The molecule has 2 aromatic rings. The van der Waals surface area contributed by atoms with Crippen LogP contribution in [0.15, 0.2) is 28.7 Å². The molecule has 1 aromatic heterocycles. The Hall–Kier alpha value is -2.12. The van der Waals surface area contributed by atoms with Crippen LogP contribution in [0.4, 0.5) is 0 Å². The first-order valence-electron chi connectivity index (χ1n) is 6.40. The second-order valence-electron chi connectivity index (χ2n) is 4.48. The fraction of sp³-hybridized carbons (Fsp3) is 0.286. The highest BCUT2D eigenvalue weighted by Gasteiger charge is 2.09. The molecule has 1 heterocycles. The monoisotopic (exact) mass is 306 g/mol. The first-order chi connectivity index (χ1) is 10.1. The smallest absolute Gasteiger partial charge is 0.173 e. The molecule has 1 aromatic carbocycles. The molecule has 112 valence electrons. The molecule has 0 unspecified atom stereocenters. The molecule has 7 heteroatoms. The molecule has 0 saturated heterocycles. The number of nitrogens with zero attached hydrogens (tertiary/aromatic N) is 2. The number of aryl methyl sites for hydroxylation is 1. The molecule has 0 aliphatic carbocycles. The van der Waals surface area contributed by atoms with Crippen molar-refractivity contribution in [1.29, 1.82) is 0 Å². The molecule has 0 aliphatic heterocycles. The highest BCUT2D eigenvalue weighted by atomic mass is 32.1. The minimum atomic E-state index is 0.0313. The van der Waals surface area contributed by atoms with Gasteiger partial charge in [-0.05, 0) is 24.6 Å². The van der Waals surface area contributed by atoms with Crippen molar-refractivity contribution in [1.82, 2.24) is 10.3 Å². The van der Waals surface area contributed by atoms with Crippen molar-refractivity contribution >= 4 is 17.2 Å². The minimum Gasteiger partial charge on any atom is -0.496 e. The third-order valence-corrected chi connectivity index (χ3v) is 3.77. The number of thiazole rings is 1. The zero-order valence-electron chi connectivity index (χ0n) is 12.0. The van der Waals surface area contributed by atoms with Crippen LogP contribution in [-0.2, 0) is 13.1 Å². The zero-order valence-corrected chi connectivity index (χ0v) is 12.8. The maximum Gasteiger partial charge on any atom is 0.173 e. The Labute approximate surface area is 127 Å². The van der Waals surface area contributed by atoms with Crippen LogP contribution in [0.5, 0.6) is 5.75 Å². The lowest BCUT2D eigenvalue weighted by molar-refractivity contribution is 0.318. The predicted molar refractivity (Wildman–Crippen MR) is 82.9 cm³/mol. The van der Waals surface area contributed by atoms with Crippen LogP contribution in [0.25, 0.3) is 0 Å². The van der Waals surface area contributed by atoms with E-state index < -0.39 is 0 Å². The van der Waals surface area contributed by atoms with Gasteiger partial charge in [0.25, 0.3) is 0 Å². The quantitative estimate of drug-likeness (QED) is 0.328. The molecule has 4 N–H and O–H groups in total. The lowest BCUT2D eigenvalue weighted by Crippen LogP contribution is -2.17. The van der Waals surface area contributed by atoms with Crippen LogP contribution in [0.1, 0.15) is 21.8 Å². The van der Waals surface area contributed by atoms with E-state index in [1.807, 2.05) is 24.4 Å². The Morgan fingerprint density at radius 2 is 2.29 bits per heavy atom. The normalized spacial score (nSPS) is 11.6. The van der Waals surface area contributed by atoms with E-state index in [9.17, 15) is 0 Å². The molecule has 2 rings (SSSR count). The predicted octanol–water partition coefficient (Wildman–Crippen LogP) is 1.84. The average Bonchev–Trinajstić information content (AvgIpc) is 2.91. The van der Waals surface area contributed by atoms with Gasteiger partial charge in [0.2, 0.25) is 0 Å². The number of rotatable bonds is 6. The fourth-order valence-corrected chi connectivity index (χ4v) is 2.56. The van der Waals surface area contributed by atoms with E-state index in [2.05, 4.69) is 15.5 Å². The van der Waals surface area contributed by atoms with Gasteiger partial charge in [-0.15, -0.1) is 11.3 Å². The largest absolute Gasteiger partial charge is 0.496 e. The number of amidine groups is 1. The summed E-state index contributed by atoms with van der Waals surface area (Å²) in [5.74, 6) is 0.605. The summed E-state index contributed by atoms with van der Waals surface area (Å²) in [5, 5.41) is 18.2. The van der Waals surface area contributed by atoms with Gasteiger partial charge in [-0.25, -0.2) is 4.98 Å². The number of ether oxygens (including phenoxy) is 1. The maximum atomic E-state index is 8.81. The molecule has 0 spiro atoms.